The van der Waals surface area contributed by atoms with E-state index in [9.17, 15) is 0 Å². The van der Waals surface area contributed by atoms with Crippen molar-refractivity contribution in [1.29, 1.82) is 0 Å². The van der Waals surface area contributed by atoms with Gasteiger partial charge in [-0.3, -0.25) is 0 Å². The van der Waals surface area contributed by atoms with E-state index in [1.807, 2.05) is 0 Å². The Morgan fingerprint density at radius 2 is 2.33 bits per heavy atom. The lowest BCUT2D eigenvalue weighted by Crippen LogP contribution is -2.26. The zero-order valence-corrected chi connectivity index (χ0v) is 6.39. The Morgan fingerprint density at radius 3 is 2.78 bits per heavy atom. The summed E-state index contributed by atoms with van der Waals surface area (Å²) in [6.45, 7) is 5.47. The van der Waals surface area contributed by atoms with Crippen molar-refractivity contribution in [1.82, 2.24) is 0 Å². The Morgan fingerprint density at radius 1 is 1.56 bits per heavy atom. The molecule has 1 aliphatic heterocycles. The van der Waals surface area contributed by atoms with Gasteiger partial charge in [-0.25, -0.2) is 0 Å². The maximum Gasteiger partial charge on any atom is 0.0598 e. The van der Waals surface area contributed by atoms with Crippen LogP contribution in [0.15, 0.2) is 0 Å². The first kappa shape index (κ1) is 7.07. The van der Waals surface area contributed by atoms with Crippen LogP contribution in [0.5, 0.6) is 0 Å². The summed E-state index contributed by atoms with van der Waals surface area (Å²) in [6, 6.07) is 0. The molecule has 1 fully saturated rings. The fourth-order valence-electron chi connectivity index (χ4n) is 1.51. The molecule has 0 radical (unpaired) electrons. The molecule has 0 bridgehead atoms. The second-order valence-corrected chi connectivity index (χ2v) is 2.94. The number of hydrogen-bond donors (Lipinski definition) is 0. The minimum absolute atomic E-state index is 0.554. The lowest BCUT2D eigenvalue weighted by molar-refractivity contribution is -0.0217. The Bertz CT molecular complexity index is 80.6. The van der Waals surface area contributed by atoms with Gasteiger partial charge in [0.05, 0.1) is 6.10 Å². The van der Waals surface area contributed by atoms with Gasteiger partial charge in [-0.15, -0.1) is 0 Å². The van der Waals surface area contributed by atoms with Gasteiger partial charge >= 0.3 is 0 Å². The van der Waals surface area contributed by atoms with Gasteiger partial charge in [-0.05, 0) is 25.2 Å². The average Bonchev–Trinajstić information content (AvgIpc) is 1.89. The highest BCUT2D eigenvalue weighted by molar-refractivity contribution is 4.68. The standard InChI is InChI=1S/C8H16O/c1-3-8-7(2)5-4-6-9-8/h7-8H,3-6H2,1-2H3/t7-,8+/m0/s1. The van der Waals surface area contributed by atoms with Gasteiger partial charge in [0.15, 0.2) is 0 Å². The highest BCUT2D eigenvalue weighted by atomic mass is 16.5. The molecular formula is C8H16O. The fourth-order valence-corrected chi connectivity index (χ4v) is 1.51. The summed E-state index contributed by atoms with van der Waals surface area (Å²) in [4.78, 5) is 0. The second-order valence-electron chi connectivity index (χ2n) is 2.94. The molecule has 1 heteroatoms. The van der Waals surface area contributed by atoms with E-state index in [4.69, 9.17) is 4.74 Å². The van der Waals surface area contributed by atoms with Crippen LogP contribution in [0.1, 0.15) is 33.1 Å². The van der Waals surface area contributed by atoms with Crippen molar-refractivity contribution < 1.29 is 4.74 Å². The van der Waals surface area contributed by atoms with Crippen LogP contribution < -0.4 is 0 Å². The molecule has 0 spiro atoms. The summed E-state index contributed by atoms with van der Waals surface area (Å²) < 4.78 is 5.54. The van der Waals surface area contributed by atoms with Crippen molar-refractivity contribution in [2.75, 3.05) is 6.61 Å². The van der Waals surface area contributed by atoms with E-state index in [1.165, 1.54) is 19.3 Å². The maximum atomic E-state index is 5.54. The lowest BCUT2D eigenvalue weighted by Gasteiger charge is -2.27. The van der Waals surface area contributed by atoms with Gasteiger partial charge < -0.3 is 4.74 Å². The van der Waals surface area contributed by atoms with Gasteiger partial charge in [0.1, 0.15) is 0 Å². The Kier molecular flexibility index (Phi) is 2.52. The van der Waals surface area contributed by atoms with E-state index in [0.717, 1.165) is 12.5 Å². The van der Waals surface area contributed by atoms with Crippen LogP contribution in [0.2, 0.25) is 0 Å². The Labute approximate surface area is 57.4 Å². The van der Waals surface area contributed by atoms with Crippen molar-refractivity contribution in [2.24, 2.45) is 5.92 Å². The normalized spacial score (nSPS) is 36.7. The molecule has 2 atom stereocenters. The van der Waals surface area contributed by atoms with Crippen molar-refractivity contribution >= 4 is 0 Å². The van der Waals surface area contributed by atoms with Crippen molar-refractivity contribution in [2.45, 2.75) is 39.2 Å². The van der Waals surface area contributed by atoms with E-state index in [1.54, 1.807) is 0 Å². The molecule has 0 unspecified atom stereocenters. The van der Waals surface area contributed by atoms with Gasteiger partial charge in [0.2, 0.25) is 0 Å². The topological polar surface area (TPSA) is 9.23 Å². The minimum Gasteiger partial charge on any atom is -0.378 e. The molecule has 0 aromatic carbocycles. The zero-order chi connectivity index (χ0) is 6.69. The Balaban J connectivity index is 2.30. The van der Waals surface area contributed by atoms with Crippen molar-refractivity contribution in [3.8, 4) is 0 Å². The highest BCUT2D eigenvalue weighted by Crippen LogP contribution is 2.21. The SMILES string of the molecule is CC[C@H]1OCCC[C@@H]1C. The molecule has 0 aromatic rings. The Hall–Kier alpha value is -0.0400. The highest BCUT2D eigenvalue weighted by Gasteiger charge is 2.19. The summed E-state index contributed by atoms with van der Waals surface area (Å²) in [5.74, 6) is 0.795. The van der Waals surface area contributed by atoms with Gasteiger partial charge in [-0.2, -0.15) is 0 Å². The van der Waals surface area contributed by atoms with Gasteiger partial charge in [0, 0.05) is 6.61 Å². The molecule has 54 valence electrons. The molecule has 0 N–H and O–H groups in total. The summed E-state index contributed by atoms with van der Waals surface area (Å²) >= 11 is 0. The van der Waals surface area contributed by atoms with Crippen molar-refractivity contribution in [3.05, 3.63) is 0 Å². The molecule has 1 heterocycles. The van der Waals surface area contributed by atoms with E-state index in [2.05, 4.69) is 13.8 Å². The zero-order valence-electron chi connectivity index (χ0n) is 6.39. The van der Waals surface area contributed by atoms with E-state index in [-0.39, 0.29) is 0 Å². The molecule has 0 aromatic heterocycles. The third-order valence-corrected chi connectivity index (χ3v) is 2.17. The van der Waals surface area contributed by atoms with E-state index < -0.39 is 0 Å². The monoisotopic (exact) mass is 128 g/mol. The number of hydrogen-bond acceptors (Lipinski definition) is 1. The first-order chi connectivity index (χ1) is 4.34. The third kappa shape index (κ3) is 1.68. The molecular weight excluding hydrogens is 112 g/mol. The van der Waals surface area contributed by atoms with E-state index in [0.29, 0.717) is 6.10 Å². The first-order valence-corrected chi connectivity index (χ1v) is 3.96. The average molecular weight is 128 g/mol. The molecule has 1 nitrogen and oxygen atoms in total. The van der Waals surface area contributed by atoms with Crippen molar-refractivity contribution in [3.63, 3.8) is 0 Å². The maximum absolute atomic E-state index is 5.54. The lowest BCUT2D eigenvalue weighted by atomic mass is 9.95. The minimum atomic E-state index is 0.554. The molecule has 9 heavy (non-hydrogen) atoms. The molecule has 1 aliphatic rings. The third-order valence-electron chi connectivity index (χ3n) is 2.17. The van der Waals surface area contributed by atoms with Crippen LogP contribution in [-0.2, 0) is 4.74 Å². The van der Waals surface area contributed by atoms with Crippen LogP contribution in [0.25, 0.3) is 0 Å². The van der Waals surface area contributed by atoms with E-state index >= 15 is 0 Å². The molecule has 0 aliphatic carbocycles. The smallest absolute Gasteiger partial charge is 0.0598 e. The number of ether oxygens (including phenoxy) is 1. The summed E-state index contributed by atoms with van der Waals surface area (Å²) in [6.07, 6.45) is 4.36. The summed E-state index contributed by atoms with van der Waals surface area (Å²) in [7, 11) is 0. The quantitative estimate of drug-likeness (QED) is 0.526. The predicted molar refractivity (Wildman–Crippen MR) is 38.4 cm³/mol. The molecule has 0 saturated carbocycles. The summed E-state index contributed by atoms with van der Waals surface area (Å²) in [5, 5.41) is 0. The van der Waals surface area contributed by atoms with Crippen LogP contribution in [0.4, 0.5) is 0 Å². The fraction of sp³-hybridized carbons (Fsp3) is 1.00. The molecule has 1 saturated heterocycles. The molecule has 0 amide bonds. The van der Waals surface area contributed by atoms with Crippen LogP contribution in [0.3, 0.4) is 0 Å². The number of rotatable bonds is 1. The van der Waals surface area contributed by atoms with Crippen LogP contribution in [-0.4, -0.2) is 12.7 Å². The molecule has 1 rings (SSSR count). The van der Waals surface area contributed by atoms with Gasteiger partial charge in [0.25, 0.3) is 0 Å². The van der Waals surface area contributed by atoms with Crippen LogP contribution >= 0.6 is 0 Å². The second kappa shape index (κ2) is 3.21. The van der Waals surface area contributed by atoms with Crippen LogP contribution in [0, 0.1) is 5.92 Å². The summed E-state index contributed by atoms with van der Waals surface area (Å²) in [5.41, 5.74) is 0. The largest absolute Gasteiger partial charge is 0.378 e. The first-order valence-electron chi connectivity index (χ1n) is 3.96. The predicted octanol–water partition coefficient (Wildman–Crippen LogP) is 2.21. The van der Waals surface area contributed by atoms with Gasteiger partial charge in [-0.1, -0.05) is 13.8 Å².